The number of benzene rings is 2. The summed E-state index contributed by atoms with van der Waals surface area (Å²) < 4.78 is 0. The van der Waals surface area contributed by atoms with E-state index in [0.29, 0.717) is 11.5 Å². The Morgan fingerprint density at radius 1 is 1.07 bits per heavy atom. The number of aromatic nitrogens is 1. The molecule has 2 aromatic carbocycles. The third-order valence-corrected chi connectivity index (χ3v) is 5.41. The molecule has 0 unspecified atom stereocenters. The van der Waals surface area contributed by atoms with Gasteiger partial charge in [0.15, 0.2) is 0 Å². The minimum atomic E-state index is -0.195. The van der Waals surface area contributed by atoms with Crippen molar-refractivity contribution in [2.24, 2.45) is 11.0 Å². The minimum Gasteiger partial charge on any atom is -0.267 e. The van der Waals surface area contributed by atoms with Crippen LogP contribution in [0.15, 0.2) is 59.7 Å². The predicted molar refractivity (Wildman–Crippen MR) is 114 cm³/mol. The highest BCUT2D eigenvalue weighted by atomic mass is 16.2. The Labute approximate surface area is 165 Å². The van der Waals surface area contributed by atoms with Gasteiger partial charge in [-0.3, -0.25) is 4.79 Å². The van der Waals surface area contributed by atoms with Crippen LogP contribution >= 0.6 is 0 Å². The van der Waals surface area contributed by atoms with Crippen LogP contribution in [0, 0.1) is 12.8 Å². The largest absolute Gasteiger partial charge is 0.272 e. The Morgan fingerprint density at radius 3 is 2.61 bits per heavy atom. The van der Waals surface area contributed by atoms with Gasteiger partial charge < -0.3 is 0 Å². The molecule has 1 heterocycles. The van der Waals surface area contributed by atoms with Gasteiger partial charge in [-0.05, 0) is 37.8 Å². The standard InChI is InChI=1S/C24H25N3O/c1-17-11-13-19(14-12-17)23-15-21(20-9-5-6-10-22(20)26-23)24(28)27-25-16-18-7-3-2-4-8-18/h5-6,9-16,18H,2-4,7-8H2,1H3,(H,27,28)/b25-16-. The van der Waals surface area contributed by atoms with Crippen molar-refractivity contribution in [2.75, 3.05) is 0 Å². The maximum Gasteiger partial charge on any atom is 0.272 e. The smallest absolute Gasteiger partial charge is 0.267 e. The van der Waals surface area contributed by atoms with Crippen LogP contribution in [0.25, 0.3) is 22.2 Å². The molecule has 0 radical (unpaired) electrons. The molecule has 4 rings (SSSR count). The highest BCUT2D eigenvalue weighted by molar-refractivity contribution is 6.07. The van der Waals surface area contributed by atoms with Gasteiger partial charge in [0.1, 0.15) is 0 Å². The molecule has 1 saturated carbocycles. The zero-order valence-electron chi connectivity index (χ0n) is 16.2. The third-order valence-electron chi connectivity index (χ3n) is 5.41. The number of amides is 1. The molecule has 28 heavy (non-hydrogen) atoms. The lowest BCUT2D eigenvalue weighted by atomic mass is 9.90. The van der Waals surface area contributed by atoms with Gasteiger partial charge in [0, 0.05) is 17.2 Å². The van der Waals surface area contributed by atoms with E-state index in [0.717, 1.165) is 35.0 Å². The van der Waals surface area contributed by atoms with Gasteiger partial charge in [-0.25, -0.2) is 10.4 Å². The second-order valence-corrected chi connectivity index (χ2v) is 7.56. The first kappa shape index (κ1) is 18.4. The summed E-state index contributed by atoms with van der Waals surface area (Å²) in [6.07, 6.45) is 8.03. The lowest BCUT2D eigenvalue weighted by Gasteiger charge is -2.16. The number of aryl methyl sites for hydroxylation is 1. The summed E-state index contributed by atoms with van der Waals surface area (Å²) in [6.45, 7) is 2.06. The molecule has 0 atom stereocenters. The molecule has 1 N–H and O–H groups in total. The third kappa shape index (κ3) is 4.11. The summed E-state index contributed by atoms with van der Waals surface area (Å²) in [6, 6.07) is 17.8. The number of carbonyl (C=O) groups excluding carboxylic acids is 1. The Hall–Kier alpha value is -3.01. The maximum absolute atomic E-state index is 12.9. The van der Waals surface area contributed by atoms with Crippen molar-refractivity contribution >= 4 is 23.0 Å². The Bertz CT molecular complexity index is 1000. The second kappa shape index (κ2) is 8.34. The Morgan fingerprint density at radius 2 is 1.82 bits per heavy atom. The topological polar surface area (TPSA) is 54.4 Å². The monoisotopic (exact) mass is 371 g/mol. The number of nitrogens with one attached hydrogen (secondary N) is 1. The fourth-order valence-electron chi connectivity index (χ4n) is 3.78. The van der Waals surface area contributed by atoms with Gasteiger partial charge in [0.25, 0.3) is 5.91 Å². The van der Waals surface area contributed by atoms with Crippen molar-refractivity contribution in [2.45, 2.75) is 39.0 Å². The highest BCUT2D eigenvalue weighted by Gasteiger charge is 2.14. The number of fused-ring (bicyclic) bond motifs is 1. The molecular formula is C24H25N3O. The number of pyridine rings is 1. The maximum atomic E-state index is 12.9. The summed E-state index contributed by atoms with van der Waals surface area (Å²) in [5, 5.41) is 5.08. The fraction of sp³-hybridized carbons (Fsp3) is 0.292. The van der Waals surface area contributed by atoms with E-state index >= 15 is 0 Å². The minimum absolute atomic E-state index is 0.195. The molecule has 1 aromatic heterocycles. The average Bonchev–Trinajstić information content (AvgIpc) is 2.74. The lowest BCUT2D eigenvalue weighted by molar-refractivity contribution is 0.0956. The first-order valence-corrected chi connectivity index (χ1v) is 10.0. The van der Waals surface area contributed by atoms with E-state index in [1.807, 2.05) is 48.7 Å². The molecule has 0 bridgehead atoms. The molecule has 4 nitrogen and oxygen atoms in total. The number of hydrogen-bond acceptors (Lipinski definition) is 3. The molecule has 0 aliphatic heterocycles. The summed E-state index contributed by atoms with van der Waals surface area (Å²) in [4.78, 5) is 17.6. The summed E-state index contributed by atoms with van der Waals surface area (Å²) in [5.41, 5.74) is 7.12. The highest BCUT2D eigenvalue weighted by Crippen LogP contribution is 2.25. The van der Waals surface area contributed by atoms with Gasteiger partial charge in [-0.1, -0.05) is 67.3 Å². The number of carbonyl (C=O) groups is 1. The predicted octanol–water partition coefficient (Wildman–Crippen LogP) is 5.51. The number of nitrogens with zero attached hydrogens (tertiary/aromatic N) is 2. The quantitative estimate of drug-likeness (QED) is 0.486. The van der Waals surface area contributed by atoms with E-state index in [1.165, 1.54) is 24.8 Å². The van der Waals surface area contributed by atoms with Gasteiger partial charge in [0.05, 0.1) is 16.8 Å². The van der Waals surface area contributed by atoms with Crippen LogP contribution in [0.4, 0.5) is 0 Å². The van der Waals surface area contributed by atoms with E-state index in [9.17, 15) is 4.79 Å². The van der Waals surface area contributed by atoms with Crippen LogP contribution in [0.3, 0.4) is 0 Å². The van der Waals surface area contributed by atoms with E-state index in [2.05, 4.69) is 29.6 Å². The number of hydrogen-bond donors (Lipinski definition) is 1. The first-order chi connectivity index (χ1) is 13.7. The fourth-order valence-corrected chi connectivity index (χ4v) is 3.78. The molecule has 1 amide bonds. The molecule has 1 fully saturated rings. The average molecular weight is 371 g/mol. The molecule has 3 aromatic rings. The van der Waals surface area contributed by atoms with E-state index < -0.39 is 0 Å². The van der Waals surface area contributed by atoms with Gasteiger partial charge >= 0.3 is 0 Å². The zero-order valence-corrected chi connectivity index (χ0v) is 16.2. The summed E-state index contributed by atoms with van der Waals surface area (Å²) >= 11 is 0. The molecule has 0 saturated heterocycles. The SMILES string of the molecule is Cc1ccc(-c2cc(C(=O)N/N=C\C3CCCCC3)c3ccccc3n2)cc1. The van der Waals surface area contributed by atoms with Crippen LogP contribution < -0.4 is 5.43 Å². The van der Waals surface area contributed by atoms with Crippen LogP contribution in [0.5, 0.6) is 0 Å². The van der Waals surface area contributed by atoms with Crippen molar-refractivity contribution < 1.29 is 4.79 Å². The van der Waals surface area contributed by atoms with Crippen molar-refractivity contribution in [1.29, 1.82) is 0 Å². The first-order valence-electron chi connectivity index (χ1n) is 10.0. The van der Waals surface area contributed by atoms with Crippen LogP contribution in [-0.4, -0.2) is 17.1 Å². The van der Waals surface area contributed by atoms with Gasteiger partial charge in [-0.15, -0.1) is 0 Å². The van der Waals surface area contributed by atoms with E-state index in [1.54, 1.807) is 0 Å². The van der Waals surface area contributed by atoms with Crippen LogP contribution in [0.2, 0.25) is 0 Å². The van der Waals surface area contributed by atoms with Crippen molar-refractivity contribution in [3.8, 4) is 11.3 Å². The summed E-state index contributed by atoms with van der Waals surface area (Å²) in [7, 11) is 0. The molecule has 142 valence electrons. The van der Waals surface area contributed by atoms with Gasteiger partial charge in [0.2, 0.25) is 0 Å². The lowest BCUT2D eigenvalue weighted by Crippen LogP contribution is -2.20. The Kier molecular flexibility index (Phi) is 5.47. The van der Waals surface area contributed by atoms with Crippen molar-refractivity contribution in [3.05, 3.63) is 65.7 Å². The van der Waals surface area contributed by atoms with Crippen LogP contribution in [0.1, 0.15) is 48.0 Å². The van der Waals surface area contributed by atoms with E-state index in [-0.39, 0.29) is 5.91 Å². The summed E-state index contributed by atoms with van der Waals surface area (Å²) in [5.74, 6) is 0.283. The Balaban J connectivity index is 1.63. The van der Waals surface area contributed by atoms with Gasteiger partial charge in [-0.2, -0.15) is 5.10 Å². The molecular weight excluding hydrogens is 346 g/mol. The van der Waals surface area contributed by atoms with Crippen LogP contribution in [-0.2, 0) is 0 Å². The molecule has 1 aliphatic carbocycles. The van der Waals surface area contributed by atoms with E-state index in [4.69, 9.17) is 4.98 Å². The zero-order chi connectivity index (χ0) is 19.3. The van der Waals surface area contributed by atoms with Crippen molar-refractivity contribution in [1.82, 2.24) is 10.4 Å². The second-order valence-electron chi connectivity index (χ2n) is 7.56. The molecule has 1 aliphatic rings. The number of rotatable bonds is 4. The molecule has 0 spiro atoms. The molecule has 4 heteroatoms. The normalized spacial score (nSPS) is 15.2. The van der Waals surface area contributed by atoms with Crippen molar-refractivity contribution in [3.63, 3.8) is 0 Å². The number of para-hydroxylation sites is 1. The number of hydrazone groups is 1.